The van der Waals surface area contributed by atoms with Crippen molar-refractivity contribution in [2.24, 2.45) is 0 Å². The van der Waals surface area contributed by atoms with Gasteiger partial charge in [0.25, 0.3) is 11.5 Å². The Morgan fingerprint density at radius 2 is 1.74 bits per heavy atom. The van der Waals surface area contributed by atoms with Gasteiger partial charge >= 0.3 is 0 Å². The number of aromatic nitrogens is 3. The lowest BCUT2D eigenvalue weighted by Crippen LogP contribution is -2.37. The number of amides is 1. The highest BCUT2D eigenvalue weighted by Gasteiger charge is 2.24. The molecule has 1 amide bonds. The summed E-state index contributed by atoms with van der Waals surface area (Å²) in [7, 11) is 4.83. The molecule has 0 saturated carbocycles. The number of pyridine rings is 1. The third-order valence-electron chi connectivity index (χ3n) is 5.26. The lowest BCUT2D eigenvalue weighted by molar-refractivity contribution is 0.0617. The predicted molar refractivity (Wildman–Crippen MR) is 118 cm³/mol. The van der Waals surface area contributed by atoms with Crippen molar-refractivity contribution >= 4 is 22.6 Å². The molecule has 31 heavy (non-hydrogen) atoms. The molecule has 0 fully saturated rings. The number of hydrogen-bond acceptors (Lipinski definition) is 6. The zero-order chi connectivity index (χ0) is 22.4. The van der Waals surface area contributed by atoms with Crippen LogP contribution in [0.25, 0.3) is 16.7 Å². The van der Waals surface area contributed by atoms with Gasteiger partial charge in [0, 0.05) is 53.8 Å². The molecule has 0 atom stereocenters. The van der Waals surface area contributed by atoms with E-state index in [1.807, 2.05) is 23.6 Å². The summed E-state index contributed by atoms with van der Waals surface area (Å²) >= 11 is 0. The van der Waals surface area contributed by atoms with Crippen molar-refractivity contribution in [3.05, 3.63) is 46.0 Å². The second kappa shape index (κ2) is 10.5. The molecule has 3 aromatic heterocycles. The highest BCUT2D eigenvalue weighted by atomic mass is 16.5. The van der Waals surface area contributed by atoms with Crippen LogP contribution in [-0.2, 0) is 20.8 Å². The van der Waals surface area contributed by atoms with E-state index in [1.165, 1.54) is 4.40 Å². The maximum atomic E-state index is 13.5. The maximum absolute atomic E-state index is 13.5. The number of methoxy groups -OCH3 is 3. The summed E-state index contributed by atoms with van der Waals surface area (Å²) in [5.74, 6) is -0.185. The zero-order valence-corrected chi connectivity index (χ0v) is 18.6. The summed E-state index contributed by atoms with van der Waals surface area (Å²) in [5, 5.41) is 0.419. The van der Waals surface area contributed by atoms with Gasteiger partial charge in [-0.25, -0.2) is 4.98 Å². The van der Waals surface area contributed by atoms with Crippen molar-refractivity contribution < 1.29 is 19.0 Å². The molecule has 0 aliphatic carbocycles. The molecule has 0 unspecified atom stereocenters. The molecule has 0 radical (unpaired) electrons. The van der Waals surface area contributed by atoms with Crippen LogP contribution in [-0.4, -0.2) is 79.0 Å². The molecule has 0 aliphatic rings. The van der Waals surface area contributed by atoms with E-state index < -0.39 is 0 Å². The van der Waals surface area contributed by atoms with Crippen molar-refractivity contribution in [3.8, 4) is 0 Å². The molecule has 0 aromatic carbocycles. The first-order valence-corrected chi connectivity index (χ1v) is 10.3. The van der Waals surface area contributed by atoms with E-state index in [1.54, 1.807) is 38.5 Å². The average molecular weight is 431 g/mol. The van der Waals surface area contributed by atoms with Crippen LogP contribution in [0.4, 0.5) is 0 Å². The average Bonchev–Trinajstić information content (AvgIpc) is 3.13. The van der Waals surface area contributed by atoms with Gasteiger partial charge in [-0.2, -0.15) is 0 Å². The SMILES string of the molecule is COCCCn1c(C(=O)N(CCOC)CCOC)cc2c(=O)n3cccc(C)c3nc21. The number of carbonyl (C=O) groups excluding carboxylic acids is 1. The van der Waals surface area contributed by atoms with Crippen LogP contribution < -0.4 is 5.56 Å². The van der Waals surface area contributed by atoms with E-state index in [-0.39, 0.29) is 11.5 Å². The number of nitrogens with zero attached hydrogens (tertiary/aromatic N) is 4. The number of rotatable bonds is 11. The lowest BCUT2D eigenvalue weighted by Gasteiger charge is -2.23. The Balaban J connectivity index is 2.16. The maximum Gasteiger partial charge on any atom is 0.270 e. The molecule has 0 spiro atoms. The summed E-state index contributed by atoms with van der Waals surface area (Å²) in [6.45, 7) is 4.62. The van der Waals surface area contributed by atoms with Crippen LogP contribution in [0.15, 0.2) is 29.2 Å². The zero-order valence-electron chi connectivity index (χ0n) is 18.6. The molecule has 0 saturated heterocycles. The van der Waals surface area contributed by atoms with Crippen molar-refractivity contribution in [1.29, 1.82) is 0 Å². The fourth-order valence-corrected chi connectivity index (χ4v) is 3.61. The number of hydrogen-bond donors (Lipinski definition) is 0. The minimum absolute atomic E-state index is 0.185. The van der Waals surface area contributed by atoms with Gasteiger partial charge in [-0.15, -0.1) is 0 Å². The van der Waals surface area contributed by atoms with Gasteiger partial charge in [0.05, 0.1) is 18.6 Å². The summed E-state index contributed by atoms with van der Waals surface area (Å²) in [5.41, 5.74) is 2.22. The van der Waals surface area contributed by atoms with E-state index in [0.29, 0.717) is 68.3 Å². The van der Waals surface area contributed by atoms with Crippen LogP contribution >= 0.6 is 0 Å². The Bertz CT molecular complexity index is 1100. The van der Waals surface area contributed by atoms with E-state index >= 15 is 0 Å². The van der Waals surface area contributed by atoms with Gasteiger partial charge < -0.3 is 23.7 Å². The van der Waals surface area contributed by atoms with Crippen LogP contribution in [0.1, 0.15) is 22.5 Å². The van der Waals surface area contributed by atoms with E-state index in [9.17, 15) is 9.59 Å². The molecule has 3 aromatic rings. The molecule has 3 heterocycles. The molecule has 0 bridgehead atoms. The van der Waals surface area contributed by atoms with Gasteiger partial charge in [0.15, 0.2) is 0 Å². The van der Waals surface area contributed by atoms with Crippen molar-refractivity contribution in [2.45, 2.75) is 19.9 Å². The van der Waals surface area contributed by atoms with Gasteiger partial charge in [0.2, 0.25) is 0 Å². The van der Waals surface area contributed by atoms with Gasteiger partial charge in [-0.1, -0.05) is 6.07 Å². The van der Waals surface area contributed by atoms with Crippen LogP contribution in [0, 0.1) is 6.92 Å². The Morgan fingerprint density at radius 3 is 2.39 bits per heavy atom. The van der Waals surface area contributed by atoms with E-state index in [4.69, 9.17) is 19.2 Å². The quantitative estimate of drug-likeness (QED) is 0.431. The second-order valence-corrected chi connectivity index (χ2v) is 7.34. The molecule has 9 heteroatoms. The molecule has 0 N–H and O–H groups in total. The Morgan fingerprint density at radius 1 is 1.06 bits per heavy atom. The first-order valence-electron chi connectivity index (χ1n) is 10.3. The molecular weight excluding hydrogens is 400 g/mol. The van der Waals surface area contributed by atoms with Crippen molar-refractivity contribution in [2.75, 3.05) is 54.2 Å². The first-order chi connectivity index (χ1) is 15.0. The molecule has 168 valence electrons. The second-order valence-electron chi connectivity index (χ2n) is 7.34. The fourth-order valence-electron chi connectivity index (χ4n) is 3.61. The molecule has 9 nitrogen and oxygen atoms in total. The third-order valence-corrected chi connectivity index (χ3v) is 5.26. The number of fused-ring (bicyclic) bond motifs is 2. The molecular formula is C22H30N4O5. The summed E-state index contributed by atoms with van der Waals surface area (Å²) in [6.07, 6.45) is 2.38. The summed E-state index contributed by atoms with van der Waals surface area (Å²) in [4.78, 5) is 33.1. The standard InChI is InChI=1S/C22H30N4O5/c1-16-7-5-8-26-19(16)23-20-17(21(26)27)15-18(25(20)9-6-12-29-2)22(28)24(10-13-30-3)11-14-31-4/h5,7-8,15H,6,9-14H2,1-4H3. The first kappa shape index (κ1) is 22.9. The van der Waals surface area contributed by atoms with Crippen LogP contribution in [0.3, 0.4) is 0 Å². The highest BCUT2D eigenvalue weighted by Crippen LogP contribution is 2.20. The minimum atomic E-state index is -0.191. The monoisotopic (exact) mass is 430 g/mol. The molecule has 3 rings (SSSR count). The van der Waals surface area contributed by atoms with Crippen LogP contribution in [0.5, 0.6) is 0 Å². The number of ether oxygens (including phenoxy) is 3. The van der Waals surface area contributed by atoms with Gasteiger partial charge in [-0.3, -0.25) is 14.0 Å². The summed E-state index contributed by atoms with van der Waals surface area (Å²) in [6, 6.07) is 5.38. The normalized spacial score (nSPS) is 11.5. The smallest absolute Gasteiger partial charge is 0.270 e. The van der Waals surface area contributed by atoms with Crippen LogP contribution in [0.2, 0.25) is 0 Å². The highest BCUT2D eigenvalue weighted by molar-refractivity contribution is 5.98. The predicted octanol–water partition coefficient (Wildman–Crippen LogP) is 1.73. The lowest BCUT2D eigenvalue weighted by atomic mass is 10.2. The minimum Gasteiger partial charge on any atom is -0.385 e. The summed E-state index contributed by atoms with van der Waals surface area (Å²) < 4.78 is 18.9. The largest absolute Gasteiger partial charge is 0.385 e. The van der Waals surface area contributed by atoms with Gasteiger partial charge in [0.1, 0.15) is 17.0 Å². The Kier molecular flexibility index (Phi) is 7.78. The number of carbonyl (C=O) groups is 1. The van der Waals surface area contributed by atoms with Crippen molar-refractivity contribution in [1.82, 2.24) is 18.9 Å². The van der Waals surface area contributed by atoms with Gasteiger partial charge in [-0.05, 0) is 31.0 Å². The van der Waals surface area contributed by atoms with Crippen molar-refractivity contribution in [3.63, 3.8) is 0 Å². The Hall–Kier alpha value is -2.75. The van der Waals surface area contributed by atoms with E-state index in [0.717, 1.165) is 5.56 Å². The van der Waals surface area contributed by atoms with E-state index in [2.05, 4.69) is 0 Å². The fraction of sp³-hybridized carbons (Fsp3) is 0.500. The Labute approximate surface area is 181 Å². The molecule has 0 aliphatic heterocycles. The topological polar surface area (TPSA) is 87.3 Å². The third kappa shape index (κ3) is 4.79. The number of aryl methyl sites for hydroxylation is 2.